The number of morpholine rings is 1. The van der Waals surface area contributed by atoms with Crippen LogP contribution in [0.3, 0.4) is 0 Å². The van der Waals surface area contributed by atoms with Crippen LogP contribution in [0.4, 0.5) is 13.2 Å². The van der Waals surface area contributed by atoms with Gasteiger partial charge in [0.25, 0.3) is 5.82 Å². The Balaban J connectivity index is 2.12. The molecule has 0 aromatic carbocycles. The van der Waals surface area contributed by atoms with Crippen molar-refractivity contribution in [1.29, 1.82) is 0 Å². The number of nitrogens with one attached hydrogen (secondary N) is 2. The topological polar surface area (TPSA) is 62.8 Å². The number of hydrogen-bond acceptors (Lipinski definition) is 4. The predicted molar refractivity (Wildman–Crippen MR) is 42.9 cm³/mol. The average Bonchev–Trinajstić information content (AvgIpc) is 2.67. The Labute approximate surface area is 83.0 Å². The Kier molecular flexibility index (Phi) is 2.61. The van der Waals surface area contributed by atoms with Crippen molar-refractivity contribution in [2.45, 2.75) is 12.2 Å². The molecule has 2 rings (SSSR count). The number of alkyl halides is 3. The smallest absolute Gasteiger partial charge is 0.378 e. The molecule has 1 atom stereocenters. The minimum atomic E-state index is -4.51. The van der Waals surface area contributed by atoms with E-state index < -0.39 is 12.0 Å². The van der Waals surface area contributed by atoms with Crippen molar-refractivity contribution in [2.24, 2.45) is 0 Å². The Morgan fingerprint density at radius 3 is 2.73 bits per heavy atom. The molecule has 1 aromatic heterocycles. The Morgan fingerprint density at radius 2 is 2.20 bits per heavy atom. The van der Waals surface area contributed by atoms with E-state index in [-0.39, 0.29) is 11.9 Å². The van der Waals surface area contributed by atoms with Gasteiger partial charge in [0.2, 0.25) is 0 Å². The second-order valence-corrected chi connectivity index (χ2v) is 3.12. The van der Waals surface area contributed by atoms with Gasteiger partial charge in [0.15, 0.2) is 0 Å². The van der Waals surface area contributed by atoms with Gasteiger partial charge in [-0.15, -0.1) is 5.10 Å². The van der Waals surface area contributed by atoms with Gasteiger partial charge in [-0.2, -0.15) is 13.2 Å². The van der Waals surface area contributed by atoms with Crippen molar-refractivity contribution in [2.75, 3.05) is 19.8 Å². The van der Waals surface area contributed by atoms with Gasteiger partial charge in [-0.3, -0.25) is 5.10 Å². The lowest BCUT2D eigenvalue weighted by molar-refractivity contribution is -0.144. The SMILES string of the molecule is FC(F)(F)c1n[nH]c(C2COCCN2)n1. The summed E-state index contributed by atoms with van der Waals surface area (Å²) in [5, 5.41) is 8.34. The van der Waals surface area contributed by atoms with E-state index in [2.05, 4.69) is 20.5 Å². The van der Waals surface area contributed by atoms with Crippen LogP contribution in [0.15, 0.2) is 0 Å². The molecule has 0 saturated carbocycles. The van der Waals surface area contributed by atoms with Gasteiger partial charge in [0.1, 0.15) is 5.82 Å². The number of hydrogen-bond donors (Lipinski definition) is 2. The van der Waals surface area contributed by atoms with Crippen molar-refractivity contribution in [3.05, 3.63) is 11.6 Å². The van der Waals surface area contributed by atoms with E-state index in [0.717, 1.165) is 0 Å². The van der Waals surface area contributed by atoms with Crippen LogP contribution in [-0.2, 0) is 10.9 Å². The first kappa shape index (κ1) is 10.4. The summed E-state index contributed by atoms with van der Waals surface area (Å²) < 4.78 is 41.6. The van der Waals surface area contributed by atoms with Crippen LogP contribution < -0.4 is 5.32 Å². The molecule has 1 saturated heterocycles. The molecule has 0 bridgehead atoms. The highest BCUT2D eigenvalue weighted by molar-refractivity contribution is 5.00. The fourth-order valence-electron chi connectivity index (χ4n) is 1.30. The third kappa shape index (κ3) is 2.26. The summed E-state index contributed by atoms with van der Waals surface area (Å²) in [6.45, 7) is 1.44. The first-order chi connectivity index (χ1) is 7.07. The van der Waals surface area contributed by atoms with Gasteiger partial charge < -0.3 is 10.1 Å². The van der Waals surface area contributed by atoms with Crippen LogP contribution in [0.25, 0.3) is 0 Å². The van der Waals surface area contributed by atoms with Crippen molar-refractivity contribution in [3.63, 3.8) is 0 Å². The van der Waals surface area contributed by atoms with Gasteiger partial charge in [-0.05, 0) is 0 Å². The Hall–Kier alpha value is -1.15. The first-order valence-electron chi connectivity index (χ1n) is 4.38. The summed E-state index contributed by atoms with van der Waals surface area (Å²) in [6, 6.07) is -0.345. The van der Waals surface area contributed by atoms with Crippen LogP contribution in [-0.4, -0.2) is 34.9 Å². The highest BCUT2D eigenvalue weighted by Gasteiger charge is 2.36. The summed E-state index contributed by atoms with van der Waals surface area (Å²) in [5.41, 5.74) is 0. The third-order valence-corrected chi connectivity index (χ3v) is 2.01. The quantitative estimate of drug-likeness (QED) is 0.725. The van der Waals surface area contributed by atoms with E-state index in [1.54, 1.807) is 0 Å². The van der Waals surface area contributed by atoms with Crippen LogP contribution in [0.1, 0.15) is 17.7 Å². The Bertz CT molecular complexity index is 331. The van der Waals surface area contributed by atoms with Gasteiger partial charge in [-0.25, -0.2) is 4.98 Å². The lowest BCUT2D eigenvalue weighted by Crippen LogP contribution is -2.35. The summed E-state index contributed by atoms with van der Waals surface area (Å²) in [4.78, 5) is 3.37. The molecule has 1 aliphatic heterocycles. The monoisotopic (exact) mass is 222 g/mol. The fraction of sp³-hybridized carbons (Fsp3) is 0.714. The molecule has 0 radical (unpaired) electrons. The number of nitrogens with zero attached hydrogens (tertiary/aromatic N) is 2. The molecule has 5 nitrogen and oxygen atoms in total. The molecule has 15 heavy (non-hydrogen) atoms. The molecule has 8 heteroatoms. The lowest BCUT2D eigenvalue weighted by atomic mass is 10.2. The summed E-state index contributed by atoms with van der Waals surface area (Å²) >= 11 is 0. The zero-order valence-corrected chi connectivity index (χ0v) is 7.64. The number of rotatable bonds is 1. The fourth-order valence-corrected chi connectivity index (χ4v) is 1.30. The van der Waals surface area contributed by atoms with Crippen LogP contribution in [0.5, 0.6) is 0 Å². The maximum atomic E-state index is 12.2. The highest BCUT2D eigenvalue weighted by atomic mass is 19.4. The molecule has 1 aromatic rings. The van der Waals surface area contributed by atoms with E-state index >= 15 is 0 Å². The molecule has 0 aliphatic carbocycles. The van der Waals surface area contributed by atoms with Crippen molar-refractivity contribution < 1.29 is 17.9 Å². The zero-order chi connectivity index (χ0) is 10.9. The van der Waals surface area contributed by atoms with Crippen molar-refractivity contribution in [3.8, 4) is 0 Å². The molecule has 1 unspecified atom stereocenters. The standard InChI is InChI=1S/C7H9F3N4O/c8-7(9,10)6-12-5(13-14-6)4-3-15-2-1-11-4/h4,11H,1-3H2,(H,12,13,14). The third-order valence-electron chi connectivity index (χ3n) is 2.01. The van der Waals surface area contributed by atoms with Gasteiger partial charge in [-0.1, -0.05) is 0 Å². The molecular weight excluding hydrogens is 213 g/mol. The molecule has 1 fully saturated rings. The summed E-state index contributed by atoms with van der Waals surface area (Å²) in [6.07, 6.45) is -4.51. The largest absolute Gasteiger partial charge is 0.453 e. The number of aromatic amines is 1. The van der Waals surface area contributed by atoms with Crippen LogP contribution in [0.2, 0.25) is 0 Å². The molecule has 1 aliphatic rings. The summed E-state index contributed by atoms with van der Waals surface area (Å²) in [5.74, 6) is -0.994. The summed E-state index contributed by atoms with van der Waals surface area (Å²) in [7, 11) is 0. The highest BCUT2D eigenvalue weighted by Crippen LogP contribution is 2.26. The average molecular weight is 222 g/mol. The van der Waals surface area contributed by atoms with Crippen LogP contribution >= 0.6 is 0 Å². The van der Waals surface area contributed by atoms with Gasteiger partial charge in [0, 0.05) is 6.54 Å². The lowest BCUT2D eigenvalue weighted by Gasteiger charge is -2.21. The molecule has 0 amide bonds. The van der Waals surface area contributed by atoms with E-state index in [0.29, 0.717) is 19.8 Å². The first-order valence-corrected chi connectivity index (χ1v) is 4.38. The number of halogens is 3. The maximum absolute atomic E-state index is 12.2. The maximum Gasteiger partial charge on any atom is 0.453 e. The number of aromatic nitrogens is 3. The van der Waals surface area contributed by atoms with E-state index in [1.807, 2.05) is 0 Å². The second-order valence-electron chi connectivity index (χ2n) is 3.12. The molecule has 0 spiro atoms. The zero-order valence-electron chi connectivity index (χ0n) is 7.64. The van der Waals surface area contributed by atoms with Crippen LogP contribution in [0, 0.1) is 0 Å². The van der Waals surface area contributed by atoms with Crippen molar-refractivity contribution in [1.82, 2.24) is 20.5 Å². The van der Waals surface area contributed by atoms with E-state index in [9.17, 15) is 13.2 Å². The van der Waals surface area contributed by atoms with Gasteiger partial charge >= 0.3 is 6.18 Å². The predicted octanol–water partition coefficient (Wildman–Crippen LogP) is 0.484. The minimum absolute atomic E-state index is 0.155. The molecule has 84 valence electrons. The number of ether oxygens (including phenoxy) is 1. The number of H-pyrrole nitrogens is 1. The van der Waals surface area contributed by atoms with E-state index in [1.165, 1.54) is 0 Å². The van der Waals surface area contributed by atoms with Gasteiger partial charge in [0.05, 0.1) is 19.3 Å². The van der Waals surface area contributed by atoms with Crippen molar-refractivity contribution >= 4 is 0 Å². The minimum Gasteiger partial charge on any atom is -0.378 e. The normalized spacial score (nSPS) is 23.0. The Morgan fingerprint density at radius 1 is 1.40 bits per heavy atom. The van der Waals surface area contributed by atoms with E-state index in [4.69, 9.17) is 4.74 Å². The molecule has 2 N–H and O–H groups in total. The molecule has 2 heterocycles. The second kappa shape index (κ2) is 3.78. The molecular formula is C7H9F3N4O.